The third-order valence-corrected chi connectivity index (χ3v) is 6.82. The van der Waals surface area contributed by atoms with Crippen LogP contribution in [0.5, 0.6) is 0 Å². The number of halogens is 2. The molecular formula is C17H17ClIN3O3. The number of fused-ring (bicyclic) bond motifs is 1. The van der Waals surface area contributed by atoms with Gasteiger partial charge in [-0.25, -0.2) is 4.79 Å². The molecule has 4 rings (SSSR count). The van der Waals surface area contributed by atoms with Gasteiger partial charge in [0.05, 0.1) is 5.02 Å². The fraction of sp³-hybridized carbons (Fsp3) is 0.471. The number of rotatable bonds is 4. The lowest BCUT2D eigenvalue weighted by Crippen LogP contribution is -2.49. The topological polar surface area (TPSA) is 78.5 Å². The molecule has 2 N–H and O–H groups in total. The van der Waals surface area contributed by atoms with Gasteiger partial charge in [0.25, 0.3) is 5.91 Å². The minimum absolute atomic E-state index is 0.00342. The normalized spacial score (nSPS) is 25.0. The average molecular weight is 474 g/mol. The van der Waals surface area contributed by atoms with Gasteiger partial charge >= 0.3 is 6.03 Å². The van der Waals surface area contributed by atoms with Gasteiger partial charge in [0.15, 0.2) is 0 Å². The Bertz CT molecular complexity index is 765. The van der Waals surface area contributed by atoms with Crippen LogP contribution in [0.1, 0.15) is 36.8 Å². The molecule has 2 fully saturated rings. The Morgan fingerprint density at radius 2 is 1.96 bits per heavy atom. The largest absolute Gasteiger partial charge is 0.334 e. The quantitative estimate of drug-likeness (QED) is 0.521. The SMILES string of the molecule is O=C1NC(=O)[C@](CCC(=O)N2Cc3cc(Cl)c(I)cc3C2)(C2CC2)N1. The van der Waals surface area contributed by atoms with Gasteiger partial charge in [-0.1, -0.05) is 11.6 Å². The van der Waals surface area contributed by atoms with Gasteiger partial charge in [-0.15, -0.1) is 0 Å². The minimum atomic E-state index is -0.905. The highest BCUT2D eigenvalue weighted by atomic mass is 127. The molecule has 0 aromatic heterocycles. The van der Waals surface area contributed by atoms with Crippen molar-refractivity contribution in [3.05, 3.63) is 31.9 Å². The van der Waals surface area contributed by atoms with Crippen LogP contribution in [0.15, 0.2) is 12.1 Å². The first-order valence-corrected chi connectivity index (χ1v) is 9.73. The molecule has 1 aromatic carbocycles. The van der Waals surface area contributed by atoms with Gasteiger partial charge in [-0.05, 0) is 71.0 Å². The van der Waals surface area contributed by atoms with E-state index in [1.165, 1.54) is 0 Å². The molecule has 25 heavy (non-hydrogen) atoms. The molecule has 1 aromatic rings. The first-order chi connectivity index (χ1) is 11.9. The number of benzene rings is 1. The summed E-state index contributed by atoms with van der Waals surface area (Å²) in [5.41, 5.74) is 1.28. The second-order valence-corrected chi connectivity index (χ2v) is 8.51. The number of carbonyl (C=O) groups is 3. The van der Waals surface area contributed by atoms with Gasteiger partial charge in [0, 0.05) is 23.1 Å². The number of carbonyl (C=O) groups excluding carboxylic acids is 3. The third-order valence-electron chi connectivity index (χ3n) is 5.29. The Hall–Kier alpha value is -1.35. The number of nitrogens with one attached hydrogen (secondary N) is 2. The zero-order valence-corrected chi connectivity index (χ0v) is 16.3. The van der Waals surface area contributed by atoms with E-state index in [1.54, 1.807) is 4.90 Å². The molecule has 0 unspecified atom stereocenters. The number of hydrogen-bond acceptors (Lipinski definition) is 3. The maximum atomic E-state index is 12.7. The van der Waals surface area contributed by atoms with Crippen molar-refractivity contribution in [2.75, 3.05) is 0 Å². The minimum Gasteiger partial charge on any atom is -0.334 e. The van der Waals surface area contributed by atoms with Crippen molar-refractivity contribution in [2.24, 2.45) is 5.92 Å². The monoisotopic (exact) mass is 473 g/mol. The number of imide groups is 1. The summed E-state index contributed by atoms with van der Waals surface area (Å²) in [6.07, 6.45) is 2.41. The van der Waals surface area contributed by atoms with Crippen LogP contribution < -0.4 is 10.6 Å². The summed E-state index contributed by atoms with van der Waals surface area (Å²) in [6, 6.07) is 3.48. The van der Waals surface area contributed by atoms with E-state index in [2.05, 4.69) is 33.2 Å². The van der Waals surface area contributed by atoms with E-state index in [1.807, 2.05) is 12.1 Å². The highest BCUT2D eigenvalue weighted by Gasteiger charge is 2.55. The van der Waals surface area contributed by atoms with Crippen LogP contribution in [0.4, 0.5) is 4.79 Å². The van der Waals surface area contributed by atoms with Crippen molar-refractivity contribution in [3.63, 3.8) is 0 Å². The fourth-order valence-electron chi connectivity index (χ4n) is 3.78. The van der Waals surface area contributed by atoms with Crippen LogP contribution in [-0.4, -0.2) is 28.3 Å². The van der Waals surface area contributed by atoms with E-state index in [-0.39, 0.29) is 24.2 Å². The van der Waals surface area contributed by atoms with Crippen molar-refractivity contribution >= 4 is 52.0 Å². The van der Waals surface area contributed by atoms with E-state index in [4.69, 9.17) is 11.6 Å². The van der Waals surface area contributed by atoms with Crippen molar-refractivity contribution in [2.45, 2.75) is 44.3 Å². The molecule has 0 bridgehead atoms. The van der Waals surface area contributed by atoms with Crippen LogP contribution in [0.2, 0.25) is 5.02 Å². The Kier molecular flexibility index (Phi) is 4.18. The van der Waals surface area contributed by atoms with E-state index < -0.39 is 11.6 Å². The lowest BCUT2D eigenvalue weighted by molar-refractivity contribution is -0.133. The molecular weight excluding hydrogens is 457 g/mol. The van der Waals surface area contributed by atoms with Crippen molar-refractivity contribution < 1.29 is 14.4 Å². The van der Waals surface area contributed by atoms with E-state index in [0.29, 0.717) is 24.5 Å². The van der Waals surface area contributed by atoms with Gasteiger partial charge < -0.3 is 10.2 Å². The Morgan fingerprint density at radius 1 is 1.28 bits per heavy atom. The van der Waals surface area contributed by atoms with Gasteiger partial charge in [0.1, 0.15) is 5.54 Å². The maximum Gasteiger partial charge on any atom is 0.322 e. The van der Waals surface area contributed by atoms with Crippen molar-refractivity contribution in [3.8, 4) is 0 Å². The van der Waals surface area contributed by atoms with E-state index in [0.717, 1.165) is 27.5 Å². The molecule has 132 valence electrons. The second kappa shape index (κ2) is 6.12. The lowest BCUT2D eigenvalue weighted by atomic mass is 9.88. The predicted octanol–water partition coefficient (Wildman–Crippen LogP) is 2.56. The highest BCUT2D eigenvalue weighted by molar-refractivity contribution is 14.1. The van der Waals surface area contributed by atoms with Crippen LogP contribution in [0.25, 0.3) is 0 Å². The average Bonchev–Trinajstić information content (AvgIpc) is 3.27. The molecule has 4 amide bonds. The molecule has 1 atom stereocenters. The Morgan fingerprint density at radius 3 is 2.56 bits per heavy atom. The summed E-state index contributed by atoms with van der Waals surface area (Å²) in [7, 11) is 0. The summed E-state index contributed by atoms with van der Waals surface area (Å²) in [5.74, 6) is -0.155. The number of urea groups is 1. The Labute approximate surface area is 163 Å². The van der Waals surface area contributed by atoms with E-state index >= 15 is 0 Å². The molecule has 1 saturated carbocycles. The van der Waals surface area contributed by atoms with Gasteiger partial charge in [0.2, 0.25) is 5.91 Å². The fourth-order valence-corrected chi connectivity index (χ4v) is 4.50. The van der Waals surface area contributed by atoms with Gasteiger partial charge in [-0.3, -0.25) is 14.9 Å². The maximum absolute atomic E-state index is 12.7. The molecule has 3 aliphatic rings. The van der Waals surface area contributed by atoms with Crippen LogP contribution in [0, 0.1) is 9.49 Å². The molecule has 6 nitrogen and oxygen atoms in total. The molecule has 8 heteroatoms. The smallest absolute Gasteiger partial charge is 0.322 e. The molecule has 1 aliphatic carbocycles. The zero-order chi connectivity index (χ0) is 17.8. The predicted molar refractivity (Wildman–Crippen MR) is 99.8 cm³/mol. The highest BCUT2D eigenvalue weighted by Crippen LogP contribution is 2.44. The van der Waals surface area contributed by atoms with Crippen LogP contribution >= 0.6 is 34.2 Å². The summed E-state index contributed by atoms with van der Waals surface area (Å²) in [6.45, 7) is 1.11. The first-order valence-electron chi connectivity index (χ1n) is 8.27. The van der Waals surface area contributed by atoms with E-state index in [9.17, 15) is 14.4 Å². The van der Waals surface area contributed by atoms with Crippen LogP contribution in [0.3, 0.4) is 0 Å². The number of amides is 4. The summed E-state index contributed by atoms with van der Waals surface area (Å²) < 4.78 is 0.977. The standard InChI is InChI=1S/C17H17ClIN3O3/c18-12-5-9-7-22(8-10(9)6-13(12)19)14(23)3-4-17(11-1-2-11)15(24)20-16(25)21-17/h5-6,11H,1-4,7-8H2,(H2,20,21,24,25)/t17-/m0/s1. The molecule has 0 spiro atoms. The molecule has 0 radical (unpaired) electrons. The lowest BCUT2D eigenvalue weighted by Gasteiger charge is -2.26. The molecule has 2 heterocycles. The summed E-state index contributed by atoms with van der Waals surface area (Å²) in [5, 5.41) is 5.79. The zero-order valence-electron chi connectivity index (χ0n) is 13.4. The first kappa shape index (κ1) is 17.1. The number of nitrogens with zero attached hydrogens (tertiary/aromatic N) is 1. The van der Waals surface area contributed by atoms with Gasteiger partial charge in [-0.2, -0.15) is 0 Å². The molecule has 1 saturated heterocycles. The summed E-state index contributed by atoms with van der Waals surface area (Å²) in [4.78, 5) is 38.2. The van der Waals surface area contributed by atoms with Crippen molar-refractivity contribution in [1.29, 1.82) is 0 Å². The molecule has 2 aliphatic heterocycles. The second-order valence-electron chi connectivity index (χ2n) is 6.94. The Balaban J connectivity index is 1.43. The van der Waals surface area contributed by atoms with Crippen molar-refractivity contribution in [1.82, 2.24) is 15.5 Å². The summed E-state index contributed by atoms with van der Waals surface area (Å²) >= 11 is 8.35. The third kappa shape index (κ3) is 3.01. The number of hydrogen-bond donors (Lipinski definition) is 2. The van der Waals surface area contributed by atoms with Crippen LogP contribution in [-0.2, 0) is 22.7 Å².